The van der Waals surface area contributed by atoms with E-state index in [0.717, 1.165) is 18.7 Å². The van der Waals surface area contributed by atoms with E-state index in [1.165, 1.54) is 30.2 Å². The fourth-order valence-corrected chi connectivity index (χ4v) is 2.83. The summed E-state index contributed by atoms with van der Waals surface area (Å²) >= 11 is 1.35. The lowest BCUT2D eigenvalue weighted by atomic mass is 10.1. The summed E-state index contributed by atoms with van der Waals surface area (Å²) in [6.45, 7) is 4.14. The lowest BCUT2D eigenvalue weighted by Crippen LogP contribution is -2.18. The second-order valence-electron chi connectivity index (χ2n) is 5.70. The molecular formula is C18H22N4OS. The van der Waals surface area contributed by atoms with Crippen LogP contribution in [0.25, 0.3) is 11.3 Å². The number of nitriles is 1. The number of aromatic amines is 1. The third-order valence-corrected chi connectivity index (χ3v) is 4.36. The summed E-state index contributed by atoms with van der Waals surface area (Å²) in [5.41, 5.74) is 2.09. The molecule has 1 heterocycles. The summed E-state index contributed by atoms with van der Waals surface area (Å²) in [6.07, 6.45) is 4.21. The number of unbranched alkanes of at least 4 members (excludes halogenated alkanes) is 1. The number of thioether (sulfide) groups is 1. The Hall–Kier alpha value is -2.10. The van der Waals surface area contributed by atoms with E-state index in [0.29, 0.717) is 10.9 Å². The molecule has 1 N–H and O–H groups in total. The summed E-state index contributed by atoms with van der Waals surface area (Å²) < 4.78 is 0. The fraction of sp³-hybridized carbons (Fsp3) is 0.389. The second kappa shape index (κ2) is 8.67. The molecule has 0 radical (unpaired) electrons. The van der Waals surface area contributed by atoms with Crippen LogP contribution in [-0.4, -0.2) is 34.7 Å². The molecule has 0 unspecified atom stereocenters. The van der Waals surface area contributed by atoms with E-state index in [9.17, 15) is 10.1 Å². The fourth-order valence-electron chi connectivity index (χ4n) is 2.45. The Balaban J connectivity index is 2.27. The minimum absolute atomic E-state index is 0.0561. The molecule has 0 aliphatic heterocycles. The summed E-state index contributed by atoms with van der Waals surface area (Å²) in [5.74, 6) is 0. The highest BCUT2D eigenvalue weighted by Crippen LogP contribution is 2.22. The van der Waals surface area contributed by atoms with Crippen LogP contribution >= 0.6 is 11.8 Å². The summed E-state index contributed by atoms with van der Waals surface area (Å²) in [4.78, 5) is 21.3. The van der Waals surface area contributed by atoms with Gasteiger partial charge in [-0.05, 0) is 31.8 Å². The van der Waals surface area contributed by atoms with Gasteiger partial charge in [0.05, 0.1) is 5.69 Å². The van der Waals surface area contributed by atoms with Crippen LogP contribution in [0.5, 0.6) is 0 Å². The van der Waals surface area contributed by atoms with E-state index in [4.69, 9.17) is 0 Å². The molecule has 2 aromatic rings. The van der Waals surface area contributed by atoms with Crippen LogP contribution in [-0.2, 0) is 6.54 Å². The molecule has 0 saturated carbocycles. The number of nitrogens with zero attached hydrogens (tertiary/aromatic N) is 3. The van der Waals surface area contributed by atoms with Crippen LogP contribution in [0.4, 0.5) is 0 Å². The van der Waals surface area contributed by atoms with Gasteiger partial charge in [-0.3, -0.25) is 4.79 Å². The molecule has 0 bridgehead atoms. The number of hydrogen-bond acceptors (Lipinski definition) is 5. The Kier molecular flexibility index (Phi) is 6.59. The number of aromatic nitrogens is 2. The van der Waals surface area contributed by atoms with Gasteiger partial charge < -0.3 is 9.88 Å². The maximum Gasteiger partial charge on any atom is 0.270 e. The molecule has 1 aromatic heterocycles. The molecule has 0 spiro atoms. The van der Waals surface area contributed by atoms with Crippen molar-refractivity contribution in [2.75, 3.05) is 19.8 Å². The van der Waals surface area contributed by atoms with E-state index < -0.39 is 5.56 Å². The zero-order valence-electron chi connectivity index (χ0n) is 14.3. The van der Waals surface area contributed by atoms with Crippen LogP contribution in [0.3, 0.4) is 0 Å². The summed E-state index contributed by atoms with van der Waals surface area (Å²) in [7, 11) is 2.11. The first-order valence-electron chi connectivity index (χ1n) is 7.95. The number of nitrogens with one attached hydrogen (secondary N) is 1. The molecule has 2 rings (SSSR count). The highest BCUT2D eigenvalue weighted by molar-refractivity contribution is 7.98. The third kappa shape index (κ3) is 4.47. The van der Waals surface area contributed by atoms with Gasteiger partial charge >= 0.3 is 0 Å². The second-order valence-corrected chi connectivity index (χ2v) is 6.49. The predicted octanol–water partition coefficient (Wildman–Crippen LogP) is 3.26. The molecule has 0 aliphatic carbocycles. The topological polar surface area (TPSA) is 72.8 Å². The van der Waals surface area contributed by atoms with Gasteiger partial charge in [0.15, 0.2) is 5.16 Å². The third-order valence-electron chi connectivity index (χ3n) is 3.78. The van der Waals surface area contributed by atoms with Gasteiger partial charge in [-0.2, -0.15) is 5.26 Å². The zero-order valence-corrected chi connectivity index (χ0v) is 15.1. The zero-order chi connectivity index (χ0) is 17.5. The summed E-state index contributed by atoms with van der Waals surface area (Å²) in [5, 5.41) is 9.77. The van der Waals surface area contributed by atoms with Crippen LogP contribution < -0.4 is 5.56 Å². The first-order valence-corrected chi connectivity index (χ1v) is 9.17. The van der Waals surface area contributed by atoms with Gasteiger partial charge in [-0.1, -0.05) is 49.4 Å². The van der Waals surface area contributed by atoms with Crippen molar-refractivity contribution >= 4 is 11.8 Å². The lowest BCUT2D eigenvalue weighted by molar-refractivity contribution is 0.321. The molecule has 0 aliphatic rings. The SMILES string of the molecule is CCCCN(C)Cc1ccc(-c2nc(SC)[nH]c(=O)c2C#N)cc1. The van der Waals surface area contributed by atoms with Gasteiger partial charge in [-0.25, -0.2) is 4.98 Å². The van der Waals surface area contributed by atoms with E-state index in [1.807, 2.05) is 36.6 Å². The van der Waals surface area contributed by atoms with Crippen LogP contribution in [0.15, 0.2) is 34.2 Å². The number of benzene rings is 1. The Morgan fingerprint density at radius 1 is 1.33 bits per heavy atom. The van der Waals surface area contributed by atoms with Gasteiger partial charge in [0, 0.05) is 12.1 Å². The van der Waals surface area contributed by atoms with Crippen LogP contribution in [0.2, 0.25) is 0 Å². The van der Waals surface area contributed by atoms with Gasteiger partial charge in [0.25, 0.3) is 5.56 Å². The molecule has 5 nitrogen and oxygen atoms in total. The van der Waals surface area contributed by atoms with Crippen molar-refractivity contribution in [3.63, 3.8) is 0 Å². The minimum atomic E-state index is -0.393. The Labute approximate surface area is 146 Å². The molecule has 24 heavy (non-hydrogen) atoms. The molecule has 6 heteroatoms. The van der Waals surface area contributed by atoms with Crippen molar-refractivity contribution in [2.24, 2.45) is 0 Å². The van der Waals surface area contributed by atoms with Crippen molar-refractivity contribution in [3.8, 4) is 17.3 Å². The van der Waals surface area contributed by atoms with Gasteiger partial charge in [0.2, 0.25) is 0 Å². The van der Waals surface area contributed by atoms with Crippen LogP contribution in [0.1, 0.15) is 30.9 Å². The van der Waals surface area contributed by atoms with Crippen molar-refractivity contribution in [2.45, 2.75) is 31.5 Å². The Morgan fingerprint density at radius 2 is 2.04 bits per heavy atom. The standard InChI is InChI=1S/C18H22N4OS/c1-4-5-10-22(2)12-13-6-8-14(9-7-13)16-15(11-19)17(23)21-18(20-16)24-3/h6-9H,4-5,10,12H2,1-3H3,(H,20,21,23). The maximum atomic E-state index is 12.0. The van der Waals surface area contributed by atoms with E-state index in [1.54, 1.807) is 0 Å². The molecule has 0 fully saturated rings. The van der Waals surface area contributed by atoms with Crippen molar-refractivity contribution < 1.29 is 0 Å². The molecular weight excluding hydrogens is 320 g/mol. The number of H-pyrrole nitrogens is 1. The van der Waals surface area contributed by atoms with Gasteiger partial charge in [0.1, 0.15) is 11.6 Å². The highest BCUT2D eigenvalue weighted by atomic mass is 32.2. The molecule has 1 aromatic carbocycles. The van der Waals surface area contributed by atoms with E-state index >= 15 is 0 Å². The maximum absolute atomic E-state index is 12.0. The lowest BCUT2D eigenvalue weighted by Gasteiger charge is -2.16. The monoisotopic (exact) mass is 342 g/mol. The molecule has 126 valence electrons. The molecule has 0 saturated heterocycles. The van der Waals surface area contributed by atoms with E-state index in [-0.39, 0.29) is 5.56 Å². The predicted molar refractivity (Wildman–Crippen MR) is 98.0 cm³/mol. The Bertz CT molecular complexity index is 777. The smallest absolute Gasteiger partial charge is 0.270 e. The minimum Gasteiger partial charge on any atom is -0.302 e. The first-order chi connectivity index (χ1) is 11.6. The van der Waals surface area contributed by atoms with Crippen molar-refractivity contribution in [3.05, 3.63) is 45.7 Å². The highest BCUT2D eigenvalue weighted by Gasteiger charge is 2.13. The van der Waals surface area contributed by atoms with E-state index in [2.05, 4.69) is 28.8 Å². The van der Waals surface area contributed by atoms with Crippen molar-refractivity contribution in [1.29, 1.82) is 5.26 Å². The number of hydrogen-bond donors (Lipinski definition) is 1. The quantitative estimate of drug-likeness (QED) is 0.617. The van der Waals surface area contributed by atoms with Crippen molar-refractivity contribution in [1.82, 2.24) is 14.9 Å². The largest absolute Gasteiger partial charge is 0.302 e. The first kappa shape index (κ1) is 18.2. The average Bonchev–Trinajstić information content (AvgIpc) is 2.59. The van der Waals surface area contributed by atoms with Crippen LogP contribution in [0, 0.1) is 11.3 Å². The summed E-state index contributed by atoms with van der Waals surface area (Å²) in [6, 6.07) is 9.87. The Morgan fingerprint density at radius 3 is 2.62 bits per heavy atom. The average molecular weight is 342 g/mol. The molecule has 0 atom stereocenters. The number of rotatable bonds is 7. The van der Waals surface area contributed by atoms with Gasteiger partial charge in [-0.15, -0.1) is 0 Å². The normalized spacial score (nSPS) is 10.8. The molecule has 0 amide bonds.